The van der Waals surface area contributed by atoms with E-state index in [2.05, 4.69) is 5.32 Å². The maximum Gasteiger partial charge on any atom is 0.317 e. The predicted molar refractivity (Wildman–Crippen MR) is 81.5 cm³/mol. The first-order valence-electron chi connectivity index (χ1n) is 7.44. The van der Waals surface area contributed by atoms with Crippen LogP contribution in [-0.2, 0) is 9.53 Å². The second-order valence-electron chi connectivity index (χ2n) is 5.47. The molecule has 6 heteroatoms. The highest BCUT2D eigenvalue weighted by Crippen LogP contribution is 2.19. The van der Waals surface area contributed by atoms with E-state index in [1.54, 1.807) is 12.0 Å². The molecule has 0 radical (unpaired) electrons. The van der Waals surface area contributed by atoms with Gasteiger partial charge in [-0.1, -0.05) is 30.3 Å². The number of urea groups is 1. The molecule has 0 aromatic heterocycles. The van der Waals surface area contributed by atoms with Gasteiger partial charge in [0.2, 0.25) is 0 Å². The lowest BCUT2D eigenvalue weighted by atomic mass is 9.97. The van der Waals surface area contributed by atoms with Crippen molar-refractivity contribution in [3.05, 3.63) is 35.9 Å². The van der Waals surface area contributed by atoms with Crippen LogP contribution < -0.4 is 5.32 Å². The number of carbonyl (C=O) groups is 2. The number of nitrogens with one attached hydrogen (secondary N) is 1. The Labute approximate surface area is 130 Å². The zero-order chi connectivity index (χ0) is 15.9. The third-order valence-corrected chi connectivity index (χ3v) is 3.96. The summed E-state index contributed by atoms with van der Waals surface area (Å²) in [6.45, 7) is 1.33. The van der Waals surface area contributed by atoms with Crippen molar-refractivity contribution < 1.29 is 19.4 Å². The van der Waals surface area contributed by atoms with E-state index in [-0.39, 0.29) is 18.0 Å². The van der Waals surface area contributed by atoms with Gasteiger partial charge in [-0.05, 0) is 18.4 Å². The van der Waals surface area contributed by atoms with Gasteiger partial charge in [0.15, 0.2) is 0 Å². The Morgan fingerprint density at radius 3 is 2.50 bits per heavy atom. The van der Waals surface area contributed by atoms with Gasteiger partial charge in [0.25, 0.3) is 0 Å². The van der Waals surface area contributed by atoms with Gasteiger partial charge >= 0.3 is 12.0 Å². The predicted octanol–water partition coefficient (Wildman–Crippen LogP) is 1.88. The van der Waals surface area contributed by atoms with Gasteiger partial charge < -0.3 is 20.1 Å². The monoisotopic (exact) mass is 306 g/mol. The number of carboxylic acid groups (broad SMARTS) is 1. The molecule has 1 aliphatic heterocycles. The normalized spacial score (nSPS) is 17.0. The summed E-state index contributed by atoms with van der Waals surface area (Å²) in [4.78, 5) is 25.0. The molecule has 0 aliphatic carbocycles. The van der Waals surface area contributed by atoms with Crippen molar-refractivity contribution in [1.29, 1.82) is 0 Å². The number of hydrogen-bond acceptors (Lipinski definition) is 3. The van der Waals surface area contributed by atoms with Crippen LogP contribution in [0.4, 0.5) is 4.79 Å². The fourth-order valence-corrected chi connectivity index (χ4v) is 2.64. The molecular formula is C16H22N2O4. The van der Waals surface area contributed by atoms with Gasteiger partial charge in [0.1, 0.15) is 0 Å². The lowest BCUT2D eigenvalue weighted by molar-refractivity contribution is -0.143. The highest BCUT2D eigenvalue weighted by molar-refractivity contribution is 5.76. The molecule has 1 aromatic rings. The van der Waals surface area contributed by atoms with E-state index in [1.165, 1.54) is 0 Å². The summed E-state index contributed by atoms with van der Waals surface area (Å²) in [6, 6.07) is 9.27. The molecule has 2 N–H and O–H groups in total. The summed E-state index contributed by atoms with van der Waals surface area (Å²) in [5, 5.41) is 12.0. The standard InChI is InChI=1S/C16H22N2O4/c1-22-11-14(12-5-3-2-4-6-12)17-16(21)18-9-7-13(8-10-18)15(19)20/h2-6,13-14H,7-11H2,1H3,(H,17,21)(H,19,20). The summed E-state index contributed by atoms with van der Waals surface area (Å²) in [7, 11) is 1.60. The van der Waals surface area contributed by atoms with Crippen molar-refractivity contribution in [3.8, 4) is 0 Å². The van der Waals surface area contributed by atoms with E-state index in [4.69, 9.17) is 9.84 Å². The zero-order valence-electron chi connectivity index (χ0n) is 12.7. The van der Waals surface area contributed by atoms with Crippen molar-refractivity contribution >= 4 is 12.0 Å². The zero-order valence-corrected chi connectivity index (χ0v) is 12.7. The highest BCUT2D eigenvalue weighted by Gasteiger charge is 2.28. The number of nitrogens with zero attached hydrogens (tertiary/aromatic N) is 1. The first kappa shape index (κ1) is 16.3. The van der Waals surface area contributed by atoms with Crippen LogP contribution in [0, 0.1) is 5.92 Å². The number of aliphatic carboxylic acids is 1. The molecule has 1 fully saturated rings. The second-order valence-corrected chi connectivity index (χ2v) is 5.47. The molecule has 1 atom stereocenters. The van der Waals surface area contributed by atoms with Crippen LogP contribution in [0.2, 0.25) is 0 Å². The Hall–Kier alpha value is -2.08. The number of methoxy groups -OCH3 is 1. The summed E-state index contributed by atoms with van der Waals surface area (Å²) >= 11 is 0. The minimum atomic E-state index is -0.776. The SMILES string of the molecule is COCC(NC(=O)N1CCC(C(=O)O)CC1)c1ccccc1. The minimum Gasteiger partial charge on any atom is -0.481 e. The summed E-state index contributed by atoms with van der Waals surface area (Å²) in [5.74, 6) is -1.12. The molecule has 6 nitrogen and oxygen atoms in total. The highest BCUT2D eigenvalue weighted by atomic mass is 16.5. The van der Waals surface area contributed by atoms with E-state index >= 15 is 0 Å². The molecule has 1 saturated heterocycles. The Balaban J connectivity index is 1.93. The first-order chi connectivity index (χ1) is 10.6. The Kier molecular flexibility index (Phi) is 5.77. The quantitative estimate of drug-likeness (QED) is 0.870. The summed E-state index contributed by atoms with van der Waals surface area (Å²) in [6.07, 6.45) is 1.01. The number of carboxylic acids is 1. The van der Waals surface area contributed by atoms with Gasteiger partial charge in [-0.3, -0.25) is 4.79 Å². The molecule has 0 spiro atoms. The van der Waals surface area contributed by atoms with Crippen molar-refractivity contribution in [3.63, 3.8) is 0 Å². The maximum atomic E-state index is 12.3. The van der Waals surface area contributed by atoms with E-state index in [9.17, 15) is 9.59 Å². The molecule has 120 valence electrons. The Morgan fingerprint density at radius 2 is 1.95 bits per heavy atom. The molecular weight excluding hydrogens is 284 g/mol. The first-order valence-corrected chi connectivity index (χ1v) is 7.44. The lowest BCUT2D eigenvalue weighted by Gasteiger charge is -2.31. The molecule has 2 amide bonds. The molecule has 2 rings (SSSR count). The van der Waals surface area contributed by atoms with Crippen molar-refractivity contribution in [1.82, 2.24) is 10.2 Å². The second kappa shape index (κ2) is 7.79. The number of carbonyl (C=O) groups excluding carboxylic acids is 1. The van der Waals surface area contributed by atoms with Crippen LogP contribution in [0.1, 0.15) is 24.4 Å². The molecule has 22 heavy (non-hydrogen) atoms. The summed E-state index contributed by atoms with van der Waals surface area (Å²) in [5.41, 5.74) is 0.984. The van der Waals surface area contributed by atoms with E-state index in [1.807, 2.05) is 30.3 Å². The Morgan fingerprint density at radius 1 is 1.32 bits per heavy atom. The molecule has 1 aromatic carbocycles. The van der Waals surface area contributed by atoms with Gasteiger partial charge in [0, 0.05) is 20.2 Å². The van der Waals surface area contributed by atoms with Gasteiger partial charge in [-0.15, -0.1) is 0 Å². The van der Waals surface area contributed by atoms with Gasteiger partial charge in [-0.25, -0.2) is 4.79 Å². The lowest BCUT2D eigenvalue weighted by Crippen LogP contribution is -2.47. The van der Waals surface area contributed by atoms with E-state index < -0.39 is 5.97 Å². The average molecular weight is 306 g/mol. The average Bonchev–Trinajstić information content (AvgIpc) is 2.55. The number of amides is 2. The molecule has 0 saturated carbocycles. The van der Waals surface area contributed by atoms with E-state index in [0.29, 0.717) is 32.5 Å². The molecule has 1 heterocycles. The van der Waals surface area contributed by atoms with Gasteiger partial charge in [0.05, 0.1) is 18.6 Å². The van der Waals surface area contributed by atoms with Crippen molar-refractivity contribution in [2.75, 3.05) is 26.8 Å². The van der Waals surface area contributed by atoms with Crippen molar-refractivity contribution in [2.24, 2.45) is 5.92 Å². The van der Waals surface area contributed by atoms with Crippen LogP contribution in [0.15, 0.2) is 30.3 Å². The van der Waals surface area contributed by atoms with Crippen LogP contribution in [0.5, 0.6) is 0 Å². The fourth-order valence-electron chi connectivity index (χ4n) is 2.64. The number of hydrogen-bond donors (Lipinski definition) is 2. The smallest absolute Gasteiger partial charge is 0.317 e. The third-order valence-electron chi connectivity index (χ3n) is 3.96. The van der Waals surface area contributed by atoms with E-state index in [0.717, 1.165) is 5.56 Å². The summed E-state index contributed by atoms with van der Waals surface area (Å²) < 4.78 is 5.18. The number of ether oxygens (including phenoxy) is 1. The molecule has 1 aliphatic rings. The van der Waals surface area contributed by atoms with Gasteiger partial charge in [-0.2, -0.15) is 0 Å². The largest absolute Gasteiger partial charge is 0.481 e. The van der Waals surface area contributed by atoms with Crippen LogP contribution >= 0.6 is 0 Å². The topological polar surface area (TPSA) is 78.9 Å². The number of rotatable bonds is 5. The van der Waals surface area contributed by atoms with Crippen LogP contribution in [-0.4, -0.2) is 48.8 Å². The number of likely N-dealkylation sites (tertiary alicyclic amines) is 1. The minimum absolute atomic E-state index is 0.172. The fraction of sp³-hybridized carbons (Fsp3) is 0.500. The molecule has 1 unspecified atom stereocenters. The number of benzene rings is 1. The Bertz CT molecular complexity index is 498. The maximum absolute atomic E-state index is 12.3. The number of piperidine rings is 1. The van der Waals surface area contributed by atoms with Crippen LogP contribution in [0.3, 0.4) is 0 Å². The molecule has 0 bridgehead atoms. The van der Waals surface area contributed by atoms with Crippen molar-refractivity contribution in [2.45, 2.75) is 18.9 Å². The third kappa shape index (κ3) is 4.21. The van der Waals surface area contributed by atoms with Crippen LogP contribution in [0.25, 0.3) is 0 Å².